The lowest BCUT2D eigenvalue weighted by Crippen LogP contribution is -2.43. The van der Waals surface area contributed by atoms with Gasteiger partial charge in [0, 0.05) is 43.0 Å². The lowest BCUT2D eigenvalue weighted by Gasteiger charge is -2.33. The van der Waals surface area contributed by atoms with Gasteiger partial charge < -0.3 is 15.2 Å². The Balaban J connectivity index is 1.33. The zero-order valence-electron chi connectivity index (χ0n) is 17.3. The van der Waals surface area contributed by atoms with E-state index in [1.54, 1.807) is 0 Å². The van der Waals surface area contributed by atoms with Crippen LogP contribution in [0.5, 0.6) is 5.75 Å². The highest BCUT2D eigenvalue weighted by molar-refractivity contribution is 5.36. The van der Waals surface area contributed by atoms with Crippen molar-refractivity contribution in [3.8, 4) is 5.75 Å². The van der Waals surface area contributed by atoms with E-state index < -0.39 is 24.8 Å². The van der Waals surface area contributed by atoms with Gasteiger partial charge in [-0.2, -0.15) is 13.9 Å². The number of alkyl halides is 4. The van der Waals surface area contributed by atoms with Crippen LogP contribution in [-0.4, -0.2) is 58.4 Å². The summed E-state index contributed by atoms with van der Waals surface area (Å²) in [5.41, 5.74) is 5.27. The number of rotatable bonds is 7. The molecule has 3 fully saturated rings. The van der Waals surface area contributed by atoms with E-state index in [4.69, 9.17) is 15.2 Å². The van der Waals surface area contributed by atoms with Crippen molar-refractivity contribution in [1.29, 1.82) is 0 Å². The topological polar surface area (TPSA) is 78.4 Å². The van der Waals surface area contributed by atoms with Crippen LogP contribution in [0, 0.1) is 11.8 Å². The smallest absolute Gasteiger partial charge is 0.428 e. The van der Waals surface area contributed by atoms with Gasteiger partial charge in [0.05, 0.1) is 13.2 Å². The Bertz CT molecular complexity index is 953. The number of aromatic nitrogens is 3. The Kier molecular flexibility index (Phi) is 5.48. The molecule has 2 aliphatic carbocycles. The summed E-state index contributed by atoms with van der Waals surface area (Å²) in [4.78, 5) is 6.15. The molecule has 11 heteroatoms. The number of pyridine rings is 1. The standard InChI is InChI=1S/C21H25F4N5O2/c22-18(23)11-30-16(20-14-7-12(8-15(14)20)29-3-5-31-6-4-29)10-17(28-30)21(24,25)32-13-1-2-27-19(26)9-13/h1-2,9-10,12,14-15,18,20H,3-8,11H2,(H2,26,27). The Labute approximate surface area is 182 Å². The molecule has 2 atom stereocenters. The molecule has 0 radical (unpaired) electrons. The van der Waals surface area contributed by atoms with E-state index in [-0.39, 0.29) is 17.5 Å². The van der Waals surface area contributed by atoms with Crippen molar-refractivity contribution in [1.82, 2.24) is 19.7 Å². The number of halogens is 4. The minimum Gasteiger partial charge on any atom is -0.428 e. The SMILES string of the molecule is Nc1cc(OC(F)(F)c2cc(C3C4CC(N5CCOCC5)CC43)n(CC(F)F)n2)ccn1. The number of ether oxygens (including phenoxy) is 2. The van der Waals surface area contributed by atoms with Crippen molar-refractivity contribution in [2.24, 2.45) is 11.8 Å². The summed E-state index contributed by atoms with van der Waals surface area (Å²) >= 11 is 0. The first-order valence-electron chi connectivity index (χ1n) is 10.8. The maximum absolute atomic E-state index is 14.8. The molecule has 174 valence electrons. The van der Waals surface area contributed by atoms with Gasteiger partial charge in [-0.25, -0.2) is 13.8 Å². The van der Waals surface area contributed by atoms with Crippen LogP contribution in [-0.2, 0) is 17.4 Å². The van der Waals surface area contributed by atoms with E-state index >= 15 is 0 Å². The van der Waals surface area contributed by atoms with Crippen LogP contribution in [0.15, 0.2) is 24.4 Å². The molecule has 0 amide bonds. The minimum atomic E-state index is -3.80. The molecule has 32 heavy (non-hydrogen) atoms. The second-order valence-corrected chi connectivity index (χ2v) is 8.69. The van der Waals surface area contributed by atoms with Crippen molar-refractivity contribution in [3.05, 3.63) is 35.8 Å². The van der Waals surface area contributed by atoms with Gasteiger partial charge in [0.25, 0.3) is 6.43 Å². The molecular formula is C21H25F4N5O2. The largest absolute Gasteiger partial charge is 0.446 e. The number of hydrogen-bond donors (Lipinski definition) is 1. The van der Waals surface area contributed by atoms with E-state index in [0.29, 0.717) is 23.6 Å². The lowest BCUT2D eigenvalue weighted by molar-refractivity contribution is -0.188. The Morgan fingerprint density at radius 2 is 1.91 bits per heavy atom. The number of morpholine rings is 1. The Morgan fingerprint density at radius 3 is 2.56 bits per heavy atom. The van der Waals surface area contributed by atoms with E-state index in [2.05, 4.69) is 15.0 Å². The van der Waals surface area contributed by atoms with Gasteiger partial charge in [-0.3, -0.25) is 9.58 Å². The summed E-state index contributed by atoms with van der Waals surface area (Å²) in [5.74, 6) is 0.434. The van der Waals surface area contributed by atoms with E-state index in [1.807, 2.05) is 0 Å². The first-order chi connectivity index (χ1) is 15.3. The second kappa shape index (κ2) is 8.18. The average molecular weight is 455 g/mol. The van der Waals surface area contributed by atoms with Crippen LogP contribution in [0.1, 0.15) is 30.1 Å². The van der Waals surface area contributed by atoms with Gasteiger partial charge in [-0.1, -0.05) is 0 Å². The van der Waals surface area contributed by atoms with E-state index in [1.165, 1.54) is 24.4 Å². The summed E-state index contributed by atoms with van der Waals surface area (Å²) < 4.78 is 67.2. The molecule has 0 bridgehead atoms. The van der Waals surface area contributed by atoms with Crippen LogP contribution < -0.4 is 10.5 Å². The molecule has 7 nitrogen and oxygen atoms in total. The van der Waals surface area contributed by atoms with Gasteiger partial charge in [0.2, 0.25) is 0 Å². The van der Waals surface area contributed by atoms with Crippen molar-refractivity contribution >= 4 is 5.82 Å². The molecule has 0 aromatic carbocycles. The quantitative estimate of drug-likeness (QED) is 0.647. The van der Waals surface area contributed by atoms with Crippen LogP contribution in [0.2, 0.25) is 0 Å². The van der Waals surface area contributed by atoms with Crippen molar-refractivity contribution < 1.29 is 27.0 Å². The first-order valence-corrected chi connectivity index (χ1v) is 10.8. The third kappa shape index (κ3) is 4.15. The normalized spacial score (nSPS) is 28.2. The zero-order chi connectivity index (χ0) is 22.5. The summed E-state index contributed by atoms with van der Waals surface area (Å²) in [6, 6.07) is 4.08. The fraction of sp³-hybridized carbons (Fsp3) is 0.619. The summed E-state index contributed by atoms with van der Waals surface area (Å²) in [5, 5.41) is 3.83. The molecule has 5 rings (SSSR count). The zero-order valence-corrected chi connectivity index (χ0v) is 17.3. The summed E-state index contributed by atoms with van der Waals surface area (Å²) in [6.45, 7) is 2.50. The number of nitrogens with zero attached hydrogens (tertiary/aromatic N) is 4. The van der Waals surface area contributed by atoms with E-state index in [0.717, 1.165) is 43.8 Å². The second-order valence-electron chi connectivity index (χ2n) is 8.69. The van der Waals surface area contributed by atoms with Crippen LogP contribution in [0.4, 0.5) is 23.4 Å². The number of nitrogen functional groups attached to an aromatic ring is 1. The van der Waals surface area contributed by atoms with Gasteiger partial charge >= 0.3 is 6.11 Å². The monoisotopic (exact) mass is 455 g/mol. The number of hydrogen-bond acceptors (Lipinski definition) is 6. The molecule has 2 N–H and O–H groups in total. The Morgan fingerprint density at radius 1 is 1.19 bits per heavy atom. The highest BCUT2D eigenvalue weighted by Crippen LogP contribution is 2.64. The van der Waals surface area contributed by atoms with E-state index in [9.17, 15) is 17.6 Å². The summed E-state index contributed by atoms with van der Waals surface area (Å²) in [6.07, 6.45) is -3.37. The van der Waals surface area contributed by atoms with Gasteiger partial charge in [-0.05, 0) is 36.8 Å². The number of anilines is 1. The molecule has 3 aliphatic rings. The molecule has 2 aromatic rings. The van der Waals surface area contributed by atoms with Gasteiger partial charge in [0.1, 0.15) is 18.1 Å². The third-order valence-electron chi connectivity index (χ3n) is 6.74. The van der Waals surface area contributed by atoms with Crippen LogP contribution in [0.3, 0.4) is 0 Å². The number of nitrogens with two attached hydrogens (primary N) is 1. The summed E-state index contributed by atoms with van der Waals surface area (Å²) in [7, 11) is 0. The van der Waals surface area contributed by atoms with Crippen molar-refractivity contribution in [2.45, 2.75) is 43.9 Å². The fourth-order valence-corrected chi connectivity index (χ4v) is 5.30. The molecule has 3 heterocycles. The molecule has 1 saturated heterocycles. The first kappa shape index (κ1) is 21.4. The van der Waals surface area contributed by atoms with Crippen molar-refractivity contribution in [3.63, 3.8) is 0 Å². The number of fused-ring (bicyclic) bond motifs is 1. The third-order valence-corrected chi connectivity index (χ3v) is 6.74. The molecule has 1 aliphatic heterocycles. The van der Waals surface area contributed by atoms with Crippen LogP contribution >= 0.6 is 0 Å². The minimum absolute atomic E-state index is 0.0281. The molecule has 0 spiro atoms. The fourth-order valence-electron chi connectivity index (χ4n) is 5.30. The highest BCUT2D eigenvalue weighted by Gasteiger charge is 2.59. The van der Waals surface area contributed by atoms with Crippen molar-refractivity contribution in [2.75, 3.05) is 32.0 Å². The van der Waals surface area contributed by atoms with Gasteiger partial charge in [-0.15, -0.1) is 0 Å². The molecule has 2 unspecified atom stereocenters. The lowest BCUT2D eigenvalue weighted by atomic mass is 10.0. The maximum atomic E-state index is 14.8. The molecule has 2 saturated carbocycles. The van der Waals surface area contributed by atoms with Crippen LogP contribution in [0.25, 0.3) is 0 Å². The molecular weight excluding hydrogens is 430 g/mol. The highest BCUT2D eigenvalue weighted by atomic mass is 19.3. The van der Waals surface area contributed by atoms with Gasteiger partial charge in [0.15, 0.2) is 5.69 Å². The predicted octanol–water partition coefficient (Wildman–Crippen LogP) is 3.08. The maximum Gasteiger partial charge on any atom is 0.446 e. The average Bonchev–Trinajstić information content (AvgIpc) is 3.07. The molecule has 2 aromatic heterocycles. The Hall–Kier alpha value is -2.40. The predicted molar refractivity (Wildman–Crippen MR) is 107 cm³/mol.